The van der Waals surface area contributed by atoms with Crippen LogP contribution >= 0.6 is 7.82 Å². The van der Waals surface area contributed by atoms with Gasteiger partial charge in [0.05, 0.1) is 13.2 Å². The summed E-state index contributed by atoms with van der Waals surface area (Å²) in [5.41, 5.74) is 5.39. The number of phosphoric acid groups is 1. The highest BCUT2D eigenvalue weighted by atomic mass is 31.2. The van der Waals surface area contributed by atoms with E-state index in [0.717, 1.165) is 83.5 Å². The van der Waals surface area contributed by atoms with E-state index in [0.29, 0.717) is 6.42 Å². The maximum atomic E-state index is 12.7. The molecular weight excluding hydrogens is 978 g/mol. The molecule has 0 saturated heterocycles. The van der Waals surface area contributed by atoms with Crippen LogP contribution in [0.4, 0.5) is 0 Å². The Morgan fingerprint density at radius 1 is 0.403 bits per heavy atom. The molecule has 0 aliphatic carbocycles. The molecule has 3 N–H and O–H groups in total. The molecule has 446 valence electrons. The molecule has 77 heavy (non-hydrogen) atoms. The third kappa shape index (κ3) is 62.3. The first kappa shape index (κ1) is 74.2. The van der Waals surface area contributed by atoms with E-state index in [4.69, 9.17) is 24.3 Å². The van der Waals surface area contributed by atoms with Gasteiger partial charge >= 0.3 is 19.8 Å². The van der Waals surface area contributed by atoms with Crippen molar-refractivity contribution in [1.82, 2.24) is 0 Å². The van der Waals surface area contributed by atoms with Gasteiger partial charge in [-0.15, -0.1) is 0 Å². The molecule has 9 nitrogen and oxygen atoms in total. The van der Waals surface area contributed by atoms with Crippen LogP contribution in [0, 0.1) is 0 Å². The van der Waals surface area contributed by atoms with E-state index >= 15 is 0 Å². The number of hydrogen-bond acceptors (Lipinski definition) is 8. The highest BCUT2D eigenvalue weighted by Gasteiger charge is 2.26. The minimum atomic E-state index is -4.40. The lowest BCUT2D eigenvalue weighted by Crippen LogP contribution is -2.29. The van der Waals surface area contributed by atoms with Crippen LogP contribution in [-0.2, 0) is 32.7 Å². The number of allylic oxidation sites excluding steroid dienone is 14. The molecule has 0 aromatic carbocycles. The van der Waals surface area contributed by atoms with Gasteiger partial charge in [0.2, 0.25) is 0 Å². The van der Waals surface area contributed by atoms with Crippen LogP contribution in [-0.4, -0.2) is 49.3 Å². The molecule has 0 aromatic rings. The summed E-state index contributed by atoms with van der Waals surface area (Å²) in [6.07, 6.45) is 82.4. The topological polar surface area (TPSA) is 134 Å². The molecule has 0 aliphatic heterocycles. The first-order valence-corrected chi connectivity index (χ1v) is 33.6. The zero-order chi connectivity index (χ0) is 55.9. The lowest BCUT2D eigenvalue weighted by atomic mass is 10.0. The van der Waals surface area contributed by atoms with E-state index in [2.05, 4.69) is 98.9 Å². The Morgan fingerprint density at radius 2 is 0.714 bits per heavy atom. The number of esters is 2. The SMILES string of the molecule is CC/C=C\C/C=C\C/C=C\C/C=C\C/C=C\C/C=C\C/C=C\CCCCCC(=O)OC(COC(=O)CCCCCCCCCCCCCCCCCCCCCCCCCCCCCCCCC)COP(=O)(O)OCCN. The quantitative estimate of drug-likeness (QED) is 0.0264. The first-order chi connectivity index (χ1) is 37.8. The van der Waals surface area contributed by atoms with Gasteiger partial charge in [-0.3, -0.25) is 18.6 Å². The van der Waals surface area contributed by atoms with Crippen LogP contribution < -0.4 is 5.73 Å². The van der Waals surface area contributed by atoms with E-state index in [1.807, 2.05) is 0 Å². The van der Waals surface area contributed by atoms with Crippen molar-refractivity contribution in [2.75, 3.05) is 26.4 Å². The minimum Gasteiger partial charge on any atom is -0.462 e. The molecule has 0 saturated carbocycles. The number of carbonyl (C=O) groups is 2. The lowest BCUT2D eigenvalue weighted by molar-refractivity contribution is -0.161. The first-order valence-electron chi connectivity index (χ1n) is 32.1. The van der Waals surface area contributed by atoms with Crippen LogP contribution in [0.5, 0.6) is 0 Å². The highest BCUT2D eigenvalue weighted by Crippen LogP contribution is 2.43. The number of rotatable bonds is 60. The third-order valence-electron chi connectivity index (χ3n) is 13.8. The fourth-order valence-electron chi connectivity index (χ4n) is 9.09. The fourth-order valence-corrected chi connectivity index (χ4v) is 9.86. The van der Waals surface area contributed by atoms with Crippen molar-refractivity contribution in [2.24, 2.45) is 5.73 Å². The third-order valence-corrected chi connectivity index (χ3v) is 14.8. The van der Waals surface area contributed by atoms with Gasteiger partial charge in [0, 0.05) is 19.4 Å². The maximum absolute atomic E-state index is 12.7. The molecule has 0 amide bonds. The normalized spacial score (nSPS) is 13.6. The standard InChI is InChI=1S/C67H120NO8P/c1-3-5-7-9-11-13-15-17-19-21-23-25-27-29-30-31-32-33-34-36-37-39-41-43-45-47-49-51-53-55-57-59-66(69)73-63-65(64-75-77(71,72)74-62-61-68)76-67(70)60-58-56-54-52-50-48-46-44-42-40-38-35-28-26-24-22-20-18-16-14-12-10-8-6-4-2/h6,8,12,14,18,20,24,26,35,38,42,44,48,50,65H,3-5,7,9-11,13,15-17,19,21-23,25,27-34,36-37,39-41,43,45-47,49,51-64,68H2,1-2H3,(H,71,72)/b8-6-,14-12-,20-18-,26-24-,38-35-,44-42-,50-48-. The summed E-state index contributed by atoms with van der Waals surface area (Å²) in [4.78, 5) is 35.3. The Bertz CT molecular complexity index is 1530. The van der Waals surface area contributed by atoms with Crippen molar-refractivity contribution >= 4 is 19.8 Å². The Kier molecular flexibility index (Phi) is 60.1. The molecule has 0 heterocycles. The smallest absolute Gasteiger partial charge is 0.462 e. The van der Waals surface area contributed by atoms with Crippen molar-refractivity contribution < 1.29 is 37.6 Å². The Morgan fingerprint density at radius 3 is 1.06 bits per heavy atom. The van der Waals surface area contributed by atoms with Gasteiger partial charge in [0.25, 0.3) is 0 Å². The van der Waals surface area contributed by atoms with Crippen molar-refractivity contribution in [3.63, 3.8) is 0 Å². The molecule has 0 spiro atoms. The predicted molar refractivity (Wildman–Crippen MR) is 330 cm³/mol. The van der Waals surface area contributed by atoms with Crippen LogP contribution in [0.2, 0.25) is 0 Å². The van der Waals surface area contributed by atoms with Crippen LogP contribution in [0.15, 0.2) is 85.1 Å². The largest absolute Gasteiger partial charge is 0.472 e. The monoisotopic (exact) mass is 1100 g/mol. The Labute approximate surface area is 474 Å². The van der Waals surface area contributed by atoms with Crippen LogP contribution in [0.3, 0.4) is 0 Å². The number of ether oxygens (including phenoxy) is 2. The zero-order valence-electron chi connectivity index (χ0n) is 49.9. The molecule has 2 atom stereocenters. The van der Waals surface area contributed by atoms with Crippen LogP contribution in [0.1, 0.15) is 296 Å². The summed E-state index contributed by atoms with van der Waals surface area (Å²) in [6.45, 7) is 3.62. The Balaban J connectivity index is 3.95. The number of nitrogens with two attached hydrogens (primary N) is 1. The van der Waals surface area contributed by atoms with Gasteiger partial charge in [-0.1, -0.05) is 298 Å². The Hall–Kier alpha value is -2.81. The zero-order valence-corrected chi connectivity index (χ0v) is 50.8. The summed E-state index contributed by atoms with van der Waals surface area (Å²) in [6, 6.07) is 0. The molecule has 0 rings (SSSR count). The van der Waals surface area contributed by atoms with Crippen molar-refractivity contribution in [2.45, 2.75) is 302 Å². The second-order valence-corrected chi connectivity index (χ2v) is 22.7. The van der Waals surface area contributed by atoms with E-state index < -0.39 is 26.5 Å². The summed E-state index contributed by atoms with van der Waals surface area (Å²) in [5.74, 6) is -0.860. The average Bonchev–Trinajstić information content (AvgIpc) is 3.42. The van der Waals surface area contributed by atoms with Gasteiger partial charge in [-0.05, 0) is 70.6 Å². The van der Waals surface area contributed by atoms with E-state index in [9.17, 15) is 19.0 Å². The summed E-state index contributed by atoms with van der Waals surface area (Å²) in [5, 5.41) is 0. The molecule has 0 bridgehead atoms. The number of unbranched alkanes of at least 4 members (excludes halogenated alkanes) is 33. The molecular formula is C67H120NO8P. The molecule has 0 aliphatic rings. The highest BCUT2D eigenvalue weighted by molar-refractivity contribution is 7.47. The van der Waals surface area contributed by atoms with E-state index in [-0.39, 0.29) is 38.6 Å². The molecule has 10 heteroatoms. The van der Waals surface area contributed by atoms with Gasteiger partial charge in [-0.2, -0.15) is 0 Å². The summed E-state index contributed by atoms with van der Waals surface area (Å²) < 4.78 is 33.1. The van der Waals surface area contributed by atoms with Gasteiger partial charge < -0.3 is 20.1 Å². The number of carbonyl (C=O) groups excluding carboxylic acids is 2. The molecule has 0 radical (unpaired) electrons. The van der Waals surface area contributed by atoms with E-state index in [1.54, 1.807) is 0 Å². The summed E-state index contributed by atoms with van der Waals surface area (Å²) in [7, 11) is -4.40. The number of phosphoric ester groups is 1. The van der Waals surface area contributed by atoms with Gasteiger partial charge in [-0.25, -0.2) is 4.57 Å². The van der Waals surface area contributed by atoms with Crippen molar-refractivity contribution in [3.05, 3.63) is 85.1 Å². The minimum absolute atomic E-state index is 0.0446. The summed E-state index contributed by atoms with van der Waals surface area (Å²) >= 11 is 0. The van der Waals surface area contributed by atoms with Crippen LogP contribution in [0.25, 0.3) is 0 Å². The van der Waals surface area contributed by atoms with Crippen molar-refractivity contribution in [3.8, 4) is 0 Å². The van der Waals surface area contributed by atoms with E-state index in [1.165, 1.54) is 180 Å². The maximum Gasteiger partial charge on any atom is 0.472 e. The van der Waals surface area contributed by atoms with Gasteiger partial charge in [0.1, 0.15) is 6.61 Å². The lowest BCUT2D eigenvalue weighted by Gasteiger charge is -2.19. The molecule has 0 aromatic heterocycles. The van der Waals surface area contributed by atoms with Gasteiger partial charge in [0.15, 0.2) is 6.10 Å². The predicted octanol–water partition coefficient (Wildman–Crippen LogP) is 20.6. The molecule has 0 fully saturated rings. The fraction of sp³-hybridized carbons (Fsp3) is 0.761. The van der Waals surface area contributed by atoms with Crippen molar-refractivity contribution in [1.29, 1.82) is 0 Å². The second-order valence-electron chi connectivity index (χ2n) is 21.3. The second kappa shape index (κ2) is 62.4. The number of hydrogen-bond donors (Lipinski definition) is 2. The average molecular weight is 1100 g/mol. The molecule has 2 unspecified atom stereocenters.